The maximum absolute atomic E-state index is 13.3. The van der Waals surface area contributed by atoms with Crippen LogP contribution >= 0.6 is 0 Å². The maximum Gasteiger partial charge on any atom is 0.339 e. The smallest absolute Gasteiger partial charge is 0.339 e. The molecule has 0 saturated heterocycles. The third-order valence-corrected chi connectivity index (χ3v) is 4.48. The molecule has 0 aliphatic heterocycles. The topological polar surface area (TPSA) is 67.4 Å². The second-order valence-corrected chi connectivity index (χ2v) is 6.50. The SMILES string of the molecule is COC(=O)c1ccccc1NC(=O)CNC(c1ccc(F)cc1)c1ccc(F)cc1. The summed E-state index contributed by atoms with van der Waals surface area (Å²) in [5, 5.41) is 5.78. The van der Waals surface area contributed by atoms with Crippen LogP contribution in [0.3, 0.4) is 0 Å². The van der Waals surface area contributed by atoms with Crippen molar-refractivity contribution in [2.45, 2.75) is 6.04 Å². The molecule has 0 bridgehead atoms. The van der Waals surface area contributed by atoms with E-state index in [-0.39, 0.29) is 29.6 Å². The van der Waals surface area contributed by atoms with Crippen LogP contribution in [0.5, 0.6) is 0 Å². The molecule has 0 radical (unpaired) electrons. The number of nitrogens with one attached hydrogen (secondary N) is 2. The standard InChI is InChI=1S/C23H20F2N2O3/c1-30-23(29)19-4-2-3-5-20(19)27-21(28)14-26-22(15-6-10-17(24)11-7-15)16-8-12-18(25)13-9-16/h2-13,22,26H,14H2,1H3,(H,27,28). The number of rotatable bonds is 7. The second-order valence-electron chi connectivity index (χ2n) is 6.50. The number of para-hydroxylation sites is 1. The molecule has 1 amide bonds. The third kappa shape index (κ3) is 5.27. The molecular weight excluding hydrogens is 390 g/mol. The molecular formula is C23H20F2N2O3. The number of benzene rings is 3. The number of carbonyl (C=O) groups excluding carboxylic acids is 2. The Hall–Kier alpha value is -3.58. The zero-order valence-corrected chi connectivity index (χ0v) is 16.2. The molecule has 3 aromatic carbocycles. The molecule has 0 fully saturated rings. The second kappa shape index (κ2) is 9.76. The Morgan fingerprint density at radius 1 is 0.867 bits per heavy atom. The van der Waals surface area contributed by atoms with Gasteiger partial charge in [0.1, 0.15) is 11.6 Å². The Labute approximate surface area is 172 Å². The Morgan fingerprint density at radius 2 is 1.40 bits per heavy atom. The van der Waals surface area contributed by atoms with Crippen molar-refractivity contribution in [1.29, 1.82) is 0 Å². The molecule has 3 aromatic rings. The first-order chi connectivity index (χ1) is 14.5. The van der Waals surface area contributed by atoms with E-state index >= 15 is 0 Å². The van der Waals surface area contributed by atoms with Crippen molar-refractivity contribution in [3.8, 4) is 0 Å². The number of hydrogen-bond acceptors (Lipinski definition) is 4. The summed E-state index contributed by atoms with van der Waals surface area (Å²) in [6, 6.07) is 17.7. The minimum atomic E-state index is -0.561. The van der Waals surface area contributed by atoms with Gasteiger partial charge in [0.15, 0.2) is 0 Å². The van der Waals surface area contributed by atoms with Crippen LogP contribution < -0.4 is 10.6 Å². The van der Waals surface area contributed by atoms with Gasteiger partial charge in [-0.15, -0.1) is 0 Å². The van der Waals surface area contributed by atoms with Crippen LogP contribution in [0.1, 0.15) is 27.5 Å². The van der Waals surface area contributed by atoms with Crippen LogP contribution in [-0.4, -0.2) is 25.5 Å². The predicted octanol–water partition coefficient (Wildman–Crippen LogP) is 4.07. The van der Waals surface area contributed by atoms with Crippen molar-refractivity contribution in [3.05, 3.63) is 101 Å². The lowest BCUT2D eigenvalue weighted by Gasteiger charge is -2.20. The number of anilines is 1. The van der Waals surface area contributed by atoms with Gasteiger partial charge in [-0.1, -0.05) is 36.4 Å². The summed E-state index contributed by atoms with van der Waals surface area (Å²) in [6.45, 7) is -0.102. The molecule has 0 unspecified atom stereocenters. The quantitative estimate of drug-likeness (QED) is 0.577. The highest BCUT2D eigenvalue weighted by Gasteiger charge is 2.17. The number of methoxy groups -OCH3 is 1. The Bertz CT molecular complexity index is 976. The van der Waals surface area contributed by atoms with E-state index in [1.54, 1.807) is 48.5 Å². The van der Waals surface area contributed by atoms with Crippen molar-refractivity contribution in [1.82, 2.24) is 5.32 Å². The summed E-state index contributed by atoms with van der Waals surface area (Å²) in [7, 11) is 1.26. The van der Waals surface area contributed by atoms with E-state index in [1.165, 1.54) is 31.4 Å². The fraction of sp³-hybridized carbons (Fsp3) is 0.130. The van der Waals surface area contributed by atoms with Gasteiger partial charge in [0.05, 0.1) is 30.9 Å². The summed E-state index contributed by atoms with van der Waals surface area (Å²) >= 11 is 0. The van der Waals surface area contributed by atoms with Gasteiger partial charge in [0.25, 0.3) is 0 Å². The van der Waals surface area contributed by atoms with E-state index in [0.29, 0.717) is 16.8 Å². The fourth-order valence-electron chi connectivity index (χ4n) is 3.01. The van der Waals surface area contributed by atoms with E-state index in [2.05, 4.69) is 10.6 Å². The van der Waals surface area contributed by atoms with Gasteiger partial charge in [0, 0.05) is 0 Å². The molecule has 0 aliphatic rings. The third-order valence-electron chi connectivity index (χ3n) is 4.48. The monoisotopic (exact) mass is 410 g/mol. The van der Waals surface area contributed by atoms with E-state index in [4.69, 9.17) is 4.74 Å². The van der Waals surface area contributed by atoms with Crippen LogP contribution in [0.25, 0.3) is 0 Å². The lowest BCUT2D eigenvalue weighted by molar-refractivity contribution is -0.115. The van der Waals surface area contributed by atoms with Gasteiger partial charge in [-0.2, -0.15) is 0 Å². The Balaban J connectivity index is 1.76. The molecule has 3 rings (SSSR count). The van der Waals surface area contributed by atoms with Crippen LogP contribution in [-0.2, 0) is 9.53 Å². The van der Waals surface area contributed by atoms with E-state index in [0.717, 1.165) is 0 Å². The number of hydrogen-bond donors (Lipinski definition) is 2. The fourth-order valence-corrected chi connectivity index (χ4v) is 3.01. The van der Waals surface area contributed by atoms with Gasteiger partial charge >= 0.3 is 5.97 Å². The molecule has 7 heteroatoms. The molecule has 0 saturated carbocycles. The highest BCUT2D eigenvalue weighted by atomic mass is 19.1. The van der Waals surface area contributed by atoms with Crippen molar-refractivity contribution in [2.24, 2.45) is 0 Å². The largest absolute Gasteiger partial charge is 0.465 e. The van der Waals surface area contributed by atoms with Crippen molar-refractivity contribution >= 4 is 17.6 Å². The normalized spacial score (nSPS) is 10.7. The molecule has 0 spiro atoms. The van der Waals surface area contributed by atoms with Crippen LogP contribution in [0.4, 0.5) is 14.5 Å². The Morgan fingerprint density at radius 3 is 1.93 bits per heavy atom. The van der Waals surface area contributed by atoms with Gasteiger partial charge in [-0.25, -0.2) is 13.6 Å². The maximum atomic E-state index is 13.3. The van der Waals surface area contributed by atoms with Gasteiger partial charge in [-0.05, 0) is 47.5 Å². The highest BCUT2D eigenvalue weighted by molar-refractivity contribution is 6.01. The summed E-state index contributed by atoms with van der Waals surface area (Å²) < 4.78 is 31.4. The lowest BCUT2D eigenvalue weighted by atomic mass is 9.98. The number of halogens is 2. The Kier molecular flexibility index (Phi) is 6.87. The highest BCUT2D eigenvalue weighted by Crippen LogP contribution is 2.23. The summed E-state index contributed by atoms with van der Waals surface area (Å²) in [6.07, 6.45) is 0. The molecule has 0 aromatic heterocycles. The first-order valence-electron chi connectivity index (χ1n) is 9.19. The average Bonchev–Trinajstić information content (AvgIpc) is 2.76. The zero-order chi connectivity index (χ0) is 21.5. The molecule has 0 aliphatic carbocycles. The minimum Gasteiger partial charge on any atom is -0.465 e. The summed E-state index contributed by atoms with van der Waals surface area (Å²) in [4.78, 5) is 24.4. The first-order valence-corrected chi connectivity index (χ1v) is 9.19. The zero-order valence-electron chi connectivity index (χ0n) is 16.2. The van der Waals surface area contributed by atoms with Crippen LogP contribution in [0, 0.1) is 11.6 Å². The number of esters is 1. The number of ether oxygens (including phenoxy) is 1. The van der Waals surface area contributed by atoms with Crippen molar-refractivity contribution in [3.63, 3.8) is 0 Å². The van der Waals surface area contributed by atoms with E-state index in [9.17, 15) is 18.4 Å². The minimum absolute atomic E-state index is 0.102. The van der Waals surface area contributed by atoms with Gasteiger partial charge in [0.2, 0.25) is 5.91 Å². The molecule has 30 heavy (non-hydrogen) atoms. The molecule has 0 atom stereocenters. The molecule has 0 heterocycles. The average molecular weight is 410 g/mol. The molecule has 5 nitrogen and oxygen atoms in total. The summed E-state index contributed by atoms with van der Waals surface area (Å²) in [5.41, 5.74) is 2.00. The molecule has 154 valence electrons. The van der Waals surface area contributed by atoms with Gasteiger partial charge in [-0.3, -0.25) is 10.1 Å². The van der Waals surface area contributed by atoms with Crippen molar-refractivity contribution < 1.29 is 23.1 Å². The van der Waals surface area contributed by atoms with E-state index in [1.807, 2.05) is 0 Å². The van der Waals surface area contributed by atoms with Crippen LogP contribution in [0.15, 0.2) is 72.8 Å². The lowest BCUT2D eigenvalue weighted by Crippen LogP contribution is -2.32. The molecule has 2 N–H and O–H groups in total. The van der Waals surface area contributed by atoms with Crippen molar-refractivity contribution in [2.75, 3.05) is 19.0 Å². The number of amides is 1. The number of carbonyl (C=O) groups is 2. The predicted molar refractivity (Wildman–Crippen MR) is 109 cm³/mol. The van der Waals surface area contributed by atoms with Gasteiger partial charge < -0.3 is 10.1 Å². The summed E-state index contributed by atoms with van der Waals surface area (Å²) in [5.74, 6) is -1.71. The first kappa shape index (κ1) is 21.1. The van der Waals surface area contributed by atoms with E-state index < -0.39 is 12.0 Å². The van der Waals surface area contributed by atoms with Crippen LogP contribution in [0.2, 0.25) is 0 Å².